The topological polar surface area (TPSA) is 65.5 Å². The predicted molar refractivity (Wildman–Crippen MR) is 72.1 cm³/mol. The molecule has 2 rings (SSSR count). The normalized spacial score (nSPS) is 9.90. The predicted octanol–water partition coefficient (Wildman–Crippen LogP) is 2.86. The van der Waals surface area contributed by atoms with Crippen molar-refractivity contribution < 1.29 is 19.1 Å². The molecule has 0 unspecified atom stereocenters. The molecule has 0 atom stereocenters. The van der Waals surface area contributed by atoms with E-state index in [0.29, 0.717) is 16.9 Å². The number of pyridine rings is 1. The Balaban J connectivity index is 2.17. The van der Waals surface area contributed by atoms with Gasteiger partial charge in [0.05, 0.1) is 12.7 Å². The molecule has 0 amide bonds. The van der Waals surface area contributed by atoms with Gasteiger partial charge in [-0.25, -0.2) is 9.78 Å². The maximum absolute atomic E-state index is 11.4. The van der Waals surface area contributed by atoms with Crippen molar-refractivity contribution in [3.8, 4) is 11.6 Å². The molecule has 0 spiro atoms. The van der Waals surface area contributed by atoms with Crippen LogP contribution < -0.4 is 4.74 Å². The SMILES string of the molecule is COC(=O)c1ccnc(Oc2ccc(C(C)=O)cc2)c1. The van der Waals surface area contributed by atoms with E-state index in [9.17, 15) is 9.59 Å². The average molecular weight is 271 g/mol. The molecule has 102 valence electrons. The molecule has 2 aromatic rings. The van der Waals surface area contributed by atoms with Crippen molar-refractivity contribution in [1.82, 2.24) is 4.98 Å². The summed E-state index contributed by atoms with van der Waals surface area (Å²) < 4.78 is 10.1. The van der Waals surface area contributed by atoms with Gasteiger partial charge in [-0.2, -0.15) is 0 Å². The molecule has 0 saturated carbocycles. The zero-order valence-electron chi connectivity index (χ0n) is 11.1. The lowest BCUT2D eigenvalue weighted by Gasteiger charge is -2.06. The first kappa shape index (κ1) is 13.7. The lowest BCUT2D eigenvalue weighted by Crippen LogP contribution is -2.01. The van der Waals surface area contributed by atoms with E-state index < -0.39 is 5.97 Å². The number of ether oxygens (including phenoxy) is 2. The first-order valence-corrected chi connectivity index (χ1v) is 5.93. The quantitative estimate of drug-likeness (QED) is 0.632. The fraction of sp³-hybridized carbons (Fsp3) is 0.133. The van der Waals surface area contributed by atoms with Crippen LogP contribution in [0.1, 0.15) is 27.6 Å². The Morgan fingerprint density at radius 2 is 1.75 bits per heavy atom. The van der Waals surface area contributed by atoms with Crippen LogP contribution in [0.5, 0.6) is 11.6 Å². The molecular weight excluding hydrogens is 258 g/mol. The Bertz CT molecular complexity index is 635. The van der Waals surface area contributed by atoms with Crippen molar-refractivity contribution in [2.45, 2.75) is 6.92 Å². The Morgan fingerprint density at radius 3 is 2.35 bits per heavy atom. The monoisotopic (exact) mass is 271 g/mol. The molecule has 5 heteroatoms. The summed E-state index contributed by atoms with van der Waals surface area (Å²) in [6.45, 7) is 1.50. The van der Waals surface area contributed by atoms with Gasteiger partial charge in [0.1, 0.15) is 5.75 Å². The number of Topliss-reactive ketones (excluding diaryl/α,β-unsaturated/α-hetero) is 1. The number of carbonyl (C=O) groups is 2. The van der Waals surface area contributed by atoms with Crippen LogP contribution in [-0.2, 0) is 4.74 Å². The van der Waals surface area contributed by atoms with Crippen molar-refractivity contribution in [1.29, 1.82) is 0 Å². The average Bonchev–Trinajstić information content (AvgIpc) is 2.47. The highest BCUT2D eigenvalue weighted by atomic mass is 16.5. The third kappa shape index (κ3) is 3.20. The highest BCUT2D eigenvalue weighted by molar-refractivity contribution is 5.94. The number of hydrogen-bond donors (Lipinski definition) is 0. The molecule has 0 aliphatic heterocycles. The molecule has 1 heterocycles. The van der Waals surface area contributed by atoms with Gasteiger partial charge in [-0.3, -0.25) is 4.79 Å². The van der Waals surface area contributed by atoms with Gasteiger partial charge in [-0.1, -0.05) is 0 Å². The summed E-state index contributed by atoms with van der Waals surface area (Å²) in [5, 5.41) is 0. The Morgan fingerprint density at radius 1 is 1.05 bits per heavy atom. The van der Waals surface area contributed by atoms with Crippen LogP contribution in [0, 0.1) is 0 Å². The van der Waals surface area contributed by atoms with E-state index in [4.69, 9.17) is 4.74 Å². The molecule has 0 bridgehead atoms. The maximum atomic E-state index is 11.4. The van der Waals surface area contributed by atoms with Crippen molar-refractivity contribution in [3.05, 3.63) is 53.7 Å². The van der Waals surface area contributed by atoms with Crippen LogP contribution in [0.4, 0.5) is 0 Å². The first-order chi connectivity index (χ1) is 9.60. The van der Waals surface area contributed by atoms with Gasteiger partial charge < -0.3 is 9.47 Å². The Labute approximate surface area is 116 Å². The smallest absolute Gasteiger partial charge is 0.338 e. The molecule has 0 aliphatic rings. The third-order valence-corrected chi connectivity index (χ3v) is 2.64. The number of rotatable bonds is 4. The fourth-order valence-electron chi connectivity index (χ4n) is 1.59. The second kappa shape index (κ2) is 5.97. The highest BCUT2D eigenvalue weighted by Gasteiger charge is 2.08. The van der Waals surface area contributed by atoms with Gasteiger partial charge in [0, 0.05) is 17.8 Å². The number of hydrogen-bond acceptors (Lipinski definition) is 5. The Kier molecular flexibility index (Phi) is 4.10. The van der Waals surface area contributed by atoms with Crippen LogP contribution in [0.2, 0.25) is 0 Å². The van der Waals surface area contributed by atoms with Gasteiger partial charge in [0.2, 0.25) is 5.88 Å². The number of nitrogens with zero attached hydrogens (tertiary/aromatic N) is 1. The minimum absolute atomic E-state index is 0.0117. The number of benzene rings is 1. The van der Waals surface area contributed by atoms with Gasteiger partial charge >= 0.3 is 5.97 Å². The molecule has 0 aliphatic carbocycles. The van der Waals surface area contributed by atoms with Crippen LogP contribution in [-0.4, -0.2) is 23.8 Å². The molecule has 20 heavy (non-hydrogen) atoms. The summed E-state index contributed by atoms with van der Waals surface area (Å²) >= 11 is 0. The third-order valence-electron chi connectivity index (χ3n) is 2.64. The molecule has 0 radical (unpaired) electrons. The van der Waals surface area contributed by atoms with Gasteiger partial charge in [0.15, 0.2) is 5.78 Å². The zero-order valence-corrected chi connectivity index (χ0v) is 11.1. The summed E-state index contributed by atoms with van der Waals surface area (Å²) in [6.07, 6.45) is 1.46. The highest BCUT2D eigenvalue weighted by Crippen LogP contribution is 2.20. The van der Waals surface area contributed by atoms with Crippen molar-refractivity contribution in [3.63, 3.8) is 0 Å². The van der Waals surface area contributed by atoms with Gasteiger partial charge in [-0.05, 0) is 37.3 Å². The molecule has 1 aromatic heterocycles. The van der Waals surface area contributed by atoms with Crippen molar-refractivity contribution in [2.24, 2.45) is 0 Å². The summed E-state index contributed by atoms with van der Waals surface area (Å²) in [6, 6.07) is 9.71. The summed E-state index contributed by atoms with van der Waals surface area (Å²) in [7, 11) is 1.31. The van der Waals surface area contributed by atoms with Gasteiger partial charge in [0.25, 0.3) is 0 Å². The number of esters is 1. The summed E-state index contributed by atoms with van der Waals surface area (Å²) in [4.78, 5) is 26.6. The standard InChI is InChI=1S/C15H13NO4/c1-10(17)11-3-5-13(6-4-11)20-14-9-12(7-8-16-14)15(18)19-2/h3-9H,1-2H3. The molecular formula is C15H13NO4. The largest absolute Gasteiger partial charge is 0.465 e. The maximum Gasteiger partial charge on any atom is 0.338 e. The lowest BCUT2D eigenvalue weighted by molar-refractivity contribution is 0.0600. The minimum atomic E-state index is -0.454. The van der Waals surface area contributed by atoms with Crippen molar-refractivity contribution in [2.75, 3.05) is 7.11 Å². The molecule has 5 nitrogen and oxygen atoms in total. The van der Waals surface area contributed by atoms with Crippen molar-refractivity contribution >= 4 is 11.8 Å². The Hall–Kier alpha value is -2.69. The van der Waals surface area contributed by atoms with E-state index in [2.05, 4.69) is 9.72 Å². The van der Waals surface area contributed by atoms with E-state index in [0.717, 1.165) is 0 Å². The second-order valence-electron chi connectivity index (χ2n) is 4.06. The van der Waals surface area contributed by atoms with Crippen LogP contribution in [0.25, 0.3) is 0 Å². The lowest BCUT2D eigenvalue weighted by atomic mass is 10.1. The van der Waals surface area contributed by atoms with Crippen LogP contribution in [0.15, 0.2) is 42.6 Å². The number of methoxy groups -OCH3 is 1. The molecule has 0 fully saturated rings. The van der Waals surface area contributed by atoms with E-state index in [1.807, 2.05) is 0 Å². The van der Waals surface area contributed by atoms with Crippen LogP contribution >= 0.6 is 0 Å². The summed E-state index contributed by atoms with van der Waals surface area (Å²) in [5.74, 6) is 0.347. The second-order valence-corrected chi connectivity index (χ2v) is 4.06. The fourth-order valence-corrected chi connectivity index (χ4v) is 1.59. The molecule has 1 aromatic carbocycles. The number of aromatic nitrogens is 1. The van der Waals surface area contributed by atoms with Gasteiger partial charge in [-0.15, -0.1) is 0 Å². The number of carbonyl (C=O) groups excluding carboxylic acids is 2. The van der Waals surface area contributed by atoms with E-state index in [-0.39, 0.29) is 11.7 Å². The minimum Gasteiger partial charge on any atom is -0.465 e. The summed E-state index contributed by atoms with van der Waals surface area (Å²) in [5.41, 5.74) is 0.964. The molecule has 0 N–H and O–H groups in total. The van der Waals surface area contributed by atoms with E-state index in [1.54, 1.807) is 24.3 Å². The number of ketones is 1. The van der Waals surface area contributed by atoms with E-state index >= 15 is 0 Å². The zero-order chi connectivity index (χ0) is 14.5. The van der Waals surface area contributed by atoms with Crippen LogP contribution in [0.3, 0.4) is 0 Å². The molecule has 0 saturated heterocycles. The van der Waals surface area contributed by atoms with E-state index in [1.165, 1.54) is 32.4 Å². The first-order valence-electron chi connectivity index (χ1n) is 5.93.